The molecule has 1 fully saturated rings. The smallest absolute Gasteiger partial charge is 0.251 e. The average molecular weight is 353 g/mol. The number of rotatable bonds is 7. The molecule has 26 heavy (non-hydrogen) atoms. The Bertz CT molecular complexity index is 723. The third kappa shape index (κ3) is 4.79. The second-order valence-corrected chi connectivity index (χ2v) is 6.93. The highest BCUT2D eigenvalue weighted by Gasteiger charge is 2.15. The zero-order chi connectivity index (χ0) is 18.4. The van der Waals surface area contributed by atoms with Gasteiger partial charge in [-0.15, -0.1) is 0 Å². The van der Waals surface area contributed by atoms with Crippen LogP contribution >= 0.6 is 0 Å². The number of nitrogens with one attached hydrogen (secondary N) is 1. The number of nitrogens with zero attached hydrogens (tertiary/aromatic N) is 4. The van der Waals surface area contributed by atoms with Crippen LogP contribution in [0.15, 0.2) is 36.5 Å². The lowest BCUT2D eigenvalue weighted by Crippen LogP contribution is -2.27. The summed E-state index contributed by atoms with van der Waals surface area (Å²) >= 11 is 0. The summed E-state index contributed by atoms with van der Waals surface area (Å²) in [6.07, 6.45) is 5.15. The quantitative estimate of drug-likeness (QED) is 0.775. The molecule has 6 nitrogen and oxygen atoms in total. The van der Waals surface area contributed by atoms with Gasteiger partial charge in [-0.3, -0.25) is 4.79 Å². The van der Waals surface area contributed by atoms with Crippen molar-refractivity contribution in [2.75, 3.05) is 45.2 Å². The van der Waals surface area contributed by atoms with Gasteiger partial charge in [-0.05, 0) is 58.1 Å². The van der Waals surface area contributed by atoms with E-state index >= 15 is 0 Å². The zero-order valence-electron chi connectivity index (χ0n) is 15.6. The van der Waals surface area contributed by atoms with E-state index in [9.17, 15) is 4.79 Å². The number of amides is 1. The molecule has 0 unspecified atom stereocenters. The van der Waals surface area contributed by atoms with Crippen LogP contribution in [0.1, 0.15) is 29.6 Å². The molecule has 2 heterocycles. The first-order valence-electron chi connectivity index (χ1n) is 9.25. The summed E-state index contributed by atoms with van der Waals surface area (Å²) in [5, 5.41) is 2.96. The number of carbonyl (C=O) groups is 1. The highest BCUT2D eigenvalue weighted by atomic mass is 16.1. The molecule has 1 aromatic carbocycles. The first kappa shape index (κ1) is 18.3. The van der Waals surface area contributed by atoms with E-state index < -0.39 is 0 Å². The van der Waals surface area contributed by atoms with E-state index in [4.69, 9.17) is 0 Å². The standard InChI is InChI=1S/C20H27N5O/c1-24(2)13-5-11-21-19(26)17-8-6-16(7-9-17)18-10-12-22-20(23-18)25-14-3-4-15-25/h6-10,12H,3-5,11,13-15H2,1-2H3,(H,21,26). The predicted octanol–water partition coefficient (Wildman–Crippen LogP) is 2.43. The van der Waals surface area contributed by atoms with Gasteiger partial charge in [0.05, 0.1) is 5.69 Å². The molecule has 1 aromatic heterocycles. The molecule has 6 heteroatoms. The SMILES string of the molecule is CN(C)CCCNC(=O)c1ccc(-c2ccnc(N3CCCC3)n2)cc1. The minimum Gasteiger partial charge on any atom is -0.352 e. The van der Waals surface area contributed by atoms with Crippen molar-refractivity contribution in [2.24, 2.45) is 0 Å². The van der Waals surface area contributed by atoms with Crippen LogP contribution in [0.4, 0.5) is 5.95 Å². The van der Waals surface area contributed by atoms with Crippen molar-refractivity contribution in [3.63, 3.8) is 0 Å². The Morgan fingerprint density at radius 2 is 1.88 bits per heavy atom. The van der Waals surface area contributed by atoms with Gasteiger partial charge in [0.1, 0.15) is 0 Å². The predicted molar refractivity (Wildman–Crippen MR) is 104 cm³/mol. The number of hydrogen-bond acceptors (Lipinski definition) is 5. The maximum absolute atomic E-state index is 12.2. The van der Waals surface area contributed by atoms with E-state index in [2.05, 4.69) is 25.1 Å². The largest absolute Gasteiger partial charge is 0.352 e. The summed E-state index contributed by atoms with van der Waals surface area (Å²) in [5.41, 5.74) is 2.56. The minimum absolute atomic E-state index is 0.0317. The molecule has 1 amide bonds. The normalized spacial score (nSPS) is 14.0. The lowest BCUT2D eigenvalue weighted by atomic mass is 10.1. The van der Waals surface area contributed by atoms with Gasteiger partial charge in [-0.1, -0.05) is 12.1 Å². The van der Waals surface area contributed by atoms with Gasteiger partial charge < -0.3 is 15.1 Å². The Labute approximate surface area is 155 Å². The van der Waals surface area contributed by atoms with Crippen molar-refractivity contribution in [3.05, 3.63) is 42.1 Å². The van der Waals surface area contributed by atoms with Crippen LogP contribution in [0.5, 0.6) is 0 Å². The molecule has 1 aliphatic rings. The van der Waals surface area contributed by atoms with Gasteiger partial charge in [-0.25, -0.2) is 9.97 Å². The summed E-state index contributed by atoms with van der Waals surface area (Å²) < 4.78 is 0. The molecule has 1 aliphatic heterocycles. The van der Waals surface area contributed by atoms with Crippen molar-refractivity contribution in [3.8, 4) is 11.3 Å². The molecule has 0 radical (unpaired) electrons. The van der Waals surface area contributed by atoms with Gasteiger partial charge in [-0.2, -0.15) is 0 Å². The molecule has 2 aromatic rings. The van der Waals surface area contributed by atoms with E-state index in [0.717, 1.165) is 43.3 Å². The fourth-order valence-corrected chi connectivity index (χ4v) is 3.07. The van der Waals surface area contributed by atoms with Crippen LogP contribution in [-0.4, -0.2) is 61.0 Å². The van der Waals surface area contributed by atoms with Crippen LogP contribution in [0.25, 0.3) is 11.3 Å². The minimum atomic E-state index is -0.0317. The van der Waals surface area contributed by atoms with E-state index in [1.54, 1.807) is 6.20 Å². The van der Waals surface area contributed by atoms with Gasteiger partial charge in [0.15, 0.2) is 0 Å². The highest BCUT2D eigenvalue weighted by molar-refractivity contribution is 5.94. The topological polar surface area (TPSA) is 61.4 Å². The average Bonchev–Trinajstić information content (AvgIpc) is 3.20. The number of anilines is 1. The summed E-state index contributed by atoms with van der Waals surface area (Å²) in [6.45, 7) is 3.70. The van der Waals surface area contributed by atoms with Gasteiger partial charge in [0, 0.05) is 37.0 Å². The third-order valence-electron chi connectivity index (χ3n) is 4.54. The van der Waals surface area contributed by atoms with Crippen LogP contribution in [0, 0.1) is 0 Å². The van der Waals surface area contributed by atoms with Gasteiger partial charge in [0.25, 0.3) is 5.91 Å². The fourth-order valence-electron chi connectivity index (χ4n) is 3.07. The van der Waals surface area contributed by atoms with Crippen molar-refractivity contribution in [1.29, 1.82) is 0 Å². The Hall–Kier alpha value is -2.47. The van der Waals surface area contributed by atoms with E-state index in [1.807, 2.05) is 44.4 Å². The lowest BCUT2D eigenvalue weighted by Gasteiger charge is -2.15. The number of hydrogen-bond donors (Lipinski definition) is 1. The van der Waals surface area contributed by atoms with Crippen LogP contribution in [0.2, 0.25) is 0 Å². The van der Waals surface area contributed by atoms with E-state index in [1.165, 1.54) is 12.8 Å². The maximum Gasteiger partial charge on any atom is 0.251 e. The van der Waals surface area contributed by atoms with Crippen molar-refractivity contribution < 1.29 is 4.79 Å². The molecule has 138 valence electrons. The van der Waals surface area contributed by atoms with Crippen LogP contribution in [0.3, 0.4) is 0 Å². The molecular formula is C20H27N5O. The zero-order valence-corrected chi connectivity index (χ0v) is 15.6. The van der Waals surface area contributed by atoms with Crippen molar-refractivity contribution >= 4 is 11.9 Å². The van der Waals surface area contributed by atoms with Crippen molar-refractivity contribution in [1.82, 2.24) is 20.2 Å². The first-order valence-corrected chi connectivity index (χ1v) is 9.25. The van der Waals surface area contributed by atoms with Crippen LogP contribution in [-0.2, 0) is 0 Å². The number of benzene rings is 1. The van der Waals surface area contributed by atoms with Crippen LogP contribution < -0.4 is 10.2 Å². The fraction of sp³-hybridized carbons (Fsp3) is 0.450. The van der Waals surface area contributed by atoms with Crippen molar-refractivity contribution in [2.45, 2.75) is 19.3 Å². The molecule has 0 atom stereocenters. The van der Waals surface area contributed by atoms with Gasteiger partial charge in [0.2, 0.25) is 5.95 Å². The number of carbonyl (C=O) groups excluding carboxylic acids is 1. The molecular weight excluding hydrogens is 326 g/mol. The molecule has 0 aliphatic carbocycles. The Kier molecular flexibility index (Phi) is 6.17. The summed E-state index contributed by atoms with van der Waals surface area (Å²) in [7, 11) is 4.06. The molecule has 1 saturated heterocycles. The van der Waals surface area contributed by atoms with E-state index in [0.29, 0.717) is 12.1 Å². The summed E-state index contributed by atoms with van der Waals surface area (Å²) in [6, 6.07) is 9.52. The summed E-state index contributed by atoms with van der Waals surface area (Å²) in [5.74, 6) is 0.762. The maximum atomic E-state index is 12.2. The highest BCUT2D eigenvalue weighted by Crippen LogP contribution is 2.21. The molecule has 0 bridgehead atoms. The molecule has 0 saturated carbocycles. The second-order valence-electron chi connectivity index (χ2n) is 6.93. The Morgan fingerprint density at radius 3 is 2.58 bits per heavy atom. The molecule has 0 spiro atoms. The monoisotopic (exact) mass is 353 g/mol. The molecule has 3 rings (SSSR count). The Balaban J connectivity index is 1.62. The second kappa shape index (κ2) is 8.76. The number of aromatic nitrogens is 2. The Morgan fingerprint density at radius 1 is 1.15 bits per heavy atom. The third-order valence-corrected chi connectivity index (χ3v) is 4.54. The van der Waals surface area contributed by atoms with E-state index in [-0.39, 0.29) is 5.91 Å². The van der Waals surface area contributed by atoms with Gasteiger partial charge >= 0.3 is 0 Å². The summed E-state index contributed by atoms with van der Waals surface area (Å²) in [4.78, 5) is 25.6. The first-order chi connectivity index (χ1) is 12.6. The molecule has 1 N–H and O–H groups in total. The lowest BCUT2D eigenvalue weighted by molar-refractivity contribution is 0.0952.